The van der Waals surface area contributed by atoms with Crippen LogP contribution >= 0.6 is 15.9 Å². The summed E-state index contributed by atoms with van der Waals surface area (Å²) in [5, 5.41) is 0.803. The van der Waals surface area contributed by atoms with Crippen molar-refractivity contribution in [1.82, 2.24) is 4.98 Å². The summed E-state index contributed by atoms with van der Waals surface area (Å²) in [6.07, 6.45) is 4.49. The van der Waals surface area contributed by atoms with Gasteiger partial charge in [0.1, 0.15) is 5.82 Å². The normalized spacial score (nSPS) is 15.7. The Kier molecular flexibility index (Phi) is 3.41. The minimum atomic E-state index is 0.803. The maximum absolute atomic E-state index is 4.47. The zero-order chi connectivity index (χ0) is 10.7. The Morgan fingerprint density at radius 1 is 1.40 bits per heavy atom. The van der Waals surface area contributed by atoms with Gasteiger partial charge in [-0.25, -0.2) is 4.98 Å². The van der Waals surface area contributed by atoms with Crippen LogP contribution in [0.5, 0.6) is 0 Å². The van der Waals surface area contributed by atoms with Gasteiger partial charge >= 0.3 is 0 Å². The summed E-state index contributed by atoms with van der Waals surface area (Å²) in [6.45, 7) is 6.26. The van der Waals surface area contributed by atoms with Gasteiger partial charge in [0.25, 0.3) is 0 Å². The molecule has 0 amide bonds. The van der Waals surface area contributed by atoms with E-state index in [1.165, 1.54) is 12.8 Å². The Labute approximate surface area is 99.1 Å². The second-order valence-electron chi connectivity index (χ2n) is 3.84. The molecule has 2 heterocycles. The van der Waals surface area contributed by atoms with Crippen LogP contribution in [0.1, 0.15) is 18.4 Å². The summed E-state index contributed by atoms with van der Waals surface area (Å²) >= 11 is 3.40. The van der Waals surface area contributed by atoms with Crippen molar-refractivity contribution in [2.24, 2.45) is 0 Å². The Bertz CT molecular complexity index is 339. The highest BCUT2D eigenvalue weighted by molar-refractivity contribution is 9.09. The van der Waals surface area contributed by atoms with Gasteiger partial charge in [-0.2, -0.15) is 0 Å². The maximum Gasteiger partial charge on any atom is 0.128 e. The van der Waals surface area contributed by atoms with E-state index in [1.807, 2.05) is 6.20 Å². The van der Waals surface area contributed by atoms with Gasteiger partial charge in [-0.1, -0.05) is 22.5 Å². The van der Waals surface area contributed by atoms with Gasteiger partial charge in [-0.15, -0.1) is 0 Å². The first-order valence-electron chi connectivity index (χ1n) is 5.26. The third-order valence-electron chi connectivity index (χ3n) is 2.75. The summed E-state index contributed by atoms with van der Waals surface area (Å²) in [4.78, 5) is 6.81. The van der Waals surface area contributed by atoms with Gasteiger partial charge in [0.05, 0.1) is 0 Å². The van der Waals surface area contributed by atoms with Crippen LogP contribution in [0.15, 0.2) is 24.9 Å². The molecule has 0 aliphatic carbocycles. The van der Waals surface area contributed by atoms with Crippen molar-refractivity contribution in [3.63, 3.8) is 0 Å². The molecule has 80 valence electrons. The van der Waals surface area contributed by atoms with Crippen molar-refractivity contribution in [2.45, 2.75) is 12.8 Å². The third-order valence-corrected chi connectivity index (χ3v) is 3.42. The van der Waals surface area contributed by atoms with Crippen LogP contribution in [-0.2, 0) is 0 Å². The number of hydrogen-bond donors (Lipinski definition) is 0. The lowest BCUT2D eigenvalue weighted by Gasteiger charge is -2.16. The number of aromatic nitrogens is 1. The lowest BCUT2D eigenvalue weighted by Crippen LogP contribution is -2.18. The molecule has 1 aliphatic rings. The van der Waals surface area contributed by atoms with Crippen LogP contribution < -0.4 is 4.90 Å². The van der Waals surface area contributed by atoms with Crippen LogP contribution in [0, 0.1) is 0 Å². The first kappa shape index (κ1) is 10.7. The van der Waals surface area contributed by atoms with E-state index >= 15 is 0 Å². The zero-order valence-electron chi connectivity index (χ0n) is 8.75. The minimum absolute atomic E-state index is 0.803. The number of alkyl halides is 1. The van der Waals surface area contributed by atoms with Crippen LogP contribution in [0.4, 0.5) is 5.82 Å². The summed E-state index contributed by atoms with van der Waals surface area (Å²) in [5.41, 5.74) is 2.20. The molecule has 2 nitrogen and oxygen atoms in total. The molecule has 3 heteroatoms. The van der Waals surface area contributed by atoms with E-state index in [-0.39, 0.29) is 0 Å². The molecule has 1 saturated heterocycles. The quantitative estimate of drug-likeness (QED) is 0.782. The summed E-state index contributed by atoms with van der Waals surface area (Å²) in [7, 11) is 0. The first-order chi connectivity index (χ1) is 7.31. The number of hydrogen-bond acceptors (Lipinski definition) is 2. The van der Waals surface area contributed by atoms with E-state index in [9.17, 15) is 0 Å². The highest BCUT2D eigenvalue weighted by Gasteiger charge is 2.12. The van der Waals surface area contributed by atoms with Crippen LogP contribution in [0.2, 0.25) is 0 Å². The van der Waals surface area contributed by atoms with Gasteiger partial charge in [0.15, 0.2) is 0 Å². The average Bonchev–Trinajstić information content (AvgIpc) is 2.82. The van der Waals surface area contributed by atoms with Gasteiger partial charge in [0.2, 0.25) is 0 Å². The monoisotopic (exact) mass is 266 g/mol. The van der Waals surface area contributed by atoms with Crippen LogP contribution in [0.3, 0.4) is 0 Å². The fourth-order valence-electron chi connectivity index (χ4n) is 1.81. The lowest BCUT2D eigenvalue weighted by molar-refractivity contribution is 0.937. The summed E-state index contributed by atoms with van der Waals surface area (Å²) in [5.74, 6) is 1.10. The topological polar surface area (TPSA) is 16.1 Å². The van der Waals surface area contributed by atoms with Crippen molar-refractivity contribution >= 4 is 27.3 Å². The molecule has 0 saturated carbocycles. The standard InChI is InChI=1S/C12H15BrN2/c1-10(8-13)11-4-5-12(14-9-11)15-6-2-3-7-15/h4-5,9H,1-3,6-8H2. The van der Waals surface area contributed by atoms with Crippen molar-refractivity contribution < 1.29 is 0 Å². The number of pyridine rings is 1. The molecule has 0 bridgehead atoms. The SMILES string of the molecule is C=C(CBr)c1ccc(N2CCCC2)nc1. The minimum Gasteiger partial charge on any atom is -0.357 e. The predicted molar refractivity (Wildman–Crippen MR) is 68.5 cm³/mol. The molecule has 2 rings (SSSR count). The smallest absolute Gasteiger partial charge is 0.128 e. The molecular formula is C12H15BrN2. The Balaban J connectivity index is 2.12. The zero-order valence-corrected chi connectivity index (χ0v) is 10.3. The summed E-state index contributed by atoms with van der Waals surface area (Å²) < 4.78 is 0. The predicted octanol–water partition coefficient (Wildman–Crippen LogP) is 3.09. The highest BCUT2D eigenvalue weighted by atomic mass is 79.9. The van der Waals surface area contributed by atoms with E-state index in [4.69, 9.17) is 0 Å². The number of anilines is 1. The Morgan fingerprint density at radius 2 is 2.13 bits per heavy atom. The molecule has 0 atom stereocenters. The van der Waals surface area contributed by atoms with Gasteiger partial charge in [-0.3, -0.25) is 0 Å². The van der Waals surface area contributed by atoms with E-state index in [2.05, 4.69) is 44.5 Å². The molecule has 1 aromatic rings. The first-order valence-corrected chi connectivity index (χ1v) is 6.38. The summed E-state index contributed by atoms with van der Waals surface area (Å²) in [6, 6.07) is 4.19. The third kappa shape index (κ3) is 2.40. The molecule has 1 aliphatic heterocycles. The molecular weight excluding hydrogens is 252 g/mol. The molecule has 0 N–H and O–H groups in total. The molecule has 0 spiro atoms. The fraction of sp³-hybridized carbons (Fsp3) is 0.417. The van der Waals surface area contributed by atoms with E-state index in [1.54, 1.807) is 0 Å². The lowest BCUT2D eigenvalue weighted by atomic mass is 10.1. The number of rotatable bonds is 3. The van der Waals surface area contributed by atoms with E-state index < -0.39 is 0 Å². The molecule has 15 heavy (non-hydrogen) atoms. The molecule has 0 aromatic carbocycles. The van der Waals surface area contributed by atoms with Gasteiger partial charge in [0, 0.05) is 24.6 Å². The Hall–Kier alpha value is -0.830. The van der Waals surface area contributed by atoms with Crippen LogP contribution in [0.25, 0.3) is 5.57 Å². The highest BCUT2D eigenvalue weighted by Crippen LogP contribution is 2.20. The molecule has 1 aromatic heterocycles. The molecule has 0 radical (unpaired) electrons. The van der Waals surface area contributed by atoms with Gasteiger partial charge < -0.3 is 4.90 Å². The fourth-order valence-corrected chi connectivity index (χ4v) is 2.13. The largest absolute Gasteiger partial charge is 0.357 e. The number of nitrogens with zero attached hydrogens (tertiary/aromatic N) is 2. The van der Waals surface area contributed by atoms with E-state index in [0.717, 1.165) is 35.4 Å². The van der Waals surface area contributed by atoms with Crippen molar-refractivity contribution in [3.05, 3.63) is 30.5 Å². The number of allylic oxidation sites excluding steroid dienone is 1. The van der Waals surface area contributed by atoms with Crippen LogP contribution in [-0.4, -0.2) is 23.4 Å². The van der Waals surface area contributed by atoms with E-state index in [0.29, 0.717) is 0 Å². The van der Waals surface area contributed by atoms with Gasteiger partial charge in [-0.05, 0) is 36.1 Å². The molecule has 1 fully saturated rings. The van der Waals surface area contributed by atoms with Crippen molar-refractivity contribution in [3.8, 4) is 0 Å². The Morgan fingerprint density at radius 3 is 2.67 bits per heavy atom. The maximum atomic E-state index is 4.47. The van der Waals surface area contributed by atoms with Crippen molar-refractivity contribution in [1.29, 1.82) is 0 Å². The molecule has 0 unspecified atom stereocenters. The second-order valence-corrected chi connectivity index (χ2v) is 4.40. The second kappa shape index (κ2) is 4.79. The average molecular weight is 267 g/mol. The van der Waals surface area contributed by atoms with Crippen molar-refractivity contribution in [2.75, 3.05) is 23.3 Å². The number of halogens is 1.